The Morgan fingerprint density at radius 3 is 2.42 bits per heavy atom. The lowest BCUT2D eigenvalue weighted by Gasteiger charge is -2.25. The van der Waals surface area contributed by atoms with Crippen LogP contribution >= 0.6 is 0 Å². The molecule has 1 N–H and O–H groups in total. The van der Waals surface area contributed by atoms with Crippen LogP contribution in [0.5, 0.6) is 11.5 Å². The van der Waals surface area contributed by atoms with Gasteiger partial charge in [-0.25, -0.2) is 4.79 Å². The van der Waals surface area contributed by atoms with Gasteiger partial charge in [-0.3, -0.25) is 5.32 Å². The molecule has 2 rings (SSSR count). The van der Waals surface area contributed by atoms with Crippen LogP contribution in [0.15, 0.2) is 12.1 Å². The van der Waals surface area contributed by atoms with E-state index in [4.69, 9.17) is 14.2 Å². The summed E-state index contributed by atoms with van der Waals surface area (Å²) >= 11 is 0. The zero-order valence-electron chi connectivity index (χ0n) is 11.9. The van der Waals surface area contributed by atoms with Crippen molar-refractivity contribution in [3.63, 3.8) is 0 Å². The summed E-state index contributed by atoms with van der Waals surface area (Å²) in [5, 5.41) is 3.25. The molecule has 104 valence electrons. The van der Waals surface area contributed by atoms with Gasteiger partial charge >= 0.3 is 5.97 Å². The molecule has 1 atom stereocenters. The minimum Gasteiger partial charge on any atom is -0.493 e. The van der Waals surface area contributed by atoms with E-state index in [0.717, 1.165) is 5.56 Å². The molecule has 1 aliphatic rings. The Bertz CT molecular complexity index is 505. The Kier molecular flexibility index (Phi) is 3.41. The third-order valence-electron chi connectivity index (χ3n) is 2.85. The first-order valence-corrected chi connectivity index (χ1v) is 6.11. The summed E-state index contributed by atoms with van der Waals surface area (Å²) in [5.41, 5.74) is 1.04. The van der Waals surface area contributed by atoms with E-state index in [-0.39, 0.29) is 5.54 Å². The topological polar surface area (TPSA) is 56.8 Å². The third kappa shape index (κ3) is 2.51. The van der Waals surface area contributed by atoms with E-state index in [1.165, 1.54) is 14.2 Å². The fourth-order valence-corrected chi connectivity index (χ4v) is 2.10. The number of carbonyl (C=O) groups is 1. The minimum atomic E-state index is -0.456. The maximum absolute atomic E-state index is 12.0. The van der Waals surface area contributed by atoms with E-state index in [1.54, 1.807) is 6.07 Å². The number of esters is 1. The summed E-state index contributed by atoms with van der Waals surface area (Å²) in [6.07, 6.45) is -0.456. The molecular formula is C14H19NO4. The van der Waals surface area contributed by atoms with Crippen LogP contribution in [0.25, 0.3) is 0 Å². The number of benzene rings is 1. The number of methoxy groups -OCH3 is 2. The van der Waals surface area contributed by atoms with Crippen molar-refractivity contribution in [2.75, 3.05) is 14.2 Å². The molecule has 1 aromatic rings. The SMILES string of the molecule is COc1ccc2c(c1OC)C(=O)O[C@@H]2NC(C)(C)C. The summed E-state index contributed by atoms with van der Waals surface area (Å²) in [6.45, 7) is 6.04. The van der Waals surface area contributed by atoms with Crippen molar-refractivity contribution in [2.45, 2.75) is 32.5 Å². The second-order valence-corrected chi connectivity index (χ2v) is 5.44. The van der Waals surface area contributed by atoms with Crippen molar-refractivity contribution >= 4 is 5.97 Å². The van der Waals surface area contributed by atoms with Crippen LogP contribution in [0.1, 0.15) is 42.9 Å². The van der Waals surface area contributed by atoms with Gasteiger partial charge in [-0.2, -0.15) is 0 Å². The zero-order valence-corrected chi connectivity index (χ0v) is 11.9. The van der Waals surface area contributed by atoms with Gasteiger partial charge < -0.3 is 14.2 Å². The van der Waals surface area contributed by atoms with Crippen LogP contribution in [0, 0.1) is 0 Å². The Morgan fingerprint density at radius 2 is 1.89 bits per heavy atom. The van der Waals surface area contributed by atoms with Crippen LogP contribution in [-0.4, -0.2) is 25.7 Å². The maximum atomic E-state index is 12.0. The van der Waals surface area contributed by atoms with E-state index in [9.17, 15) is 4.79 Å². The number of hydrogen-bond donors (Lipinski definition) is 1. The second-order valence-electron chi connectivity index (χ2n) is 5.44. The number of cyclic esters (lactones) is 1. The second kappa shape index (κ2) is 4.74. The van der Waals surface area contributed by atoms with Gasteiger partial charge in [-0.05, 0) is 32.9 Å². The molecule has 5 heteroatoms. The first-order chi connectivity index (χ1) is 8.87. The van der Waals surface area contributed by atoms with Gasteiger partial charge in [0.2, 0.25) is 0 Å². The largest absolute Gasteiger partial charge is 0.493 e. The smallest absolute Gasteiger partial charge is 0.344 e. The van der Waals surface area contributed by atoms with Gasteiger partial charge in [0, 0.05) is 11.1 Å². The van der Waals surface area contributed by atoms with Gasteiger partial charge in [0.05, 0.1) is 14.2 Å². The molecule has 1 heterocycles. The van der Waals surface area contributed by atoms with Gasteiger partial charge in [0.1, 0.15) is 5.56 Å². The first-order valence-electron chi connectivity index (χ1n) is 6.11. The monoisotopic (exact) mass is 265 g/mol. The van der Waals surface area contributed by atoms with E-state index in [0.29, 0.717) is 17.1 Å². The lowest BCUT2D eigenvalue weighted by atomic mass is 10.0. The molecule has 0 fully saturated rings. The fraction of sp³-hybridized carbons (Fsp3) is 0.500. The number of ether oxygens (including phenoxy) is 3. The Hall–Kier alpha value is -1.75. The molecule has 0 radical (unpaired) electrons. The average molecular weight is 265 g/mol. The van der Waals surface area contributed by atoms with Crippen LogP contribution < -0.4 is 14.8 Å². The van der Waals surface area contributed by atoms with Crippen LogP contribution in [0.2, 0.25) is 0 Å². The van der Waals surface area contributed by atoms with Crippen LogP contribution in [0.4, 0.5) is 0 Å². The van der Waals surface area contributed by atoms with Gasteiger partial charge in [0.15, 0.2) is 17.7 Å². The van der Waals surface area contributed by atoms with Crippen molar-refractivity contribution in [3.05, 3.63) is 23.3 Å². The molecule has 1 aromatic carbocycles. The summed E-state index contributed by atoms with van der Waals surface area (Å²) in [4.78, 5) is 12.0. The molecule has 0 bridgehead atoms. The number of fused-ring (bicyclic) bond motifs is 1. The normalized spacial score (nSPS) is 17.9. The zero-order chi connectivity index (χ0) is 14.2. The summed E-state index contributed by atoms with van der Waals surface area (Å²) < 4.78 is 15.8. The molecule has 5 nitrogen and oxygen atoms in total. The Labute approximate surface area is 112 Å². The number of carbonyl (C=O) groups excluding carboxylic acids is 1. The van der Waals surface area contributed by atoms with Crippen molar-refractivity contribution in [3.8, 4) is 11.5 Å². The molecule has 0 saturated heterocycles. The summed E-state index contributed by atoms with van der Waals surface area (Å²) in [5.74, 6) is 0.547. The lowest BCUT2D eigenvalue weighted by Crippen LogP contribution is -2.38. The summed E-state index contributed by atoms with van der Waals surface area (Å²) in [7, 11) is 3.05. The molecule has 19 heavy (non-hydrogen) atoms. The molecule has 0 amide bonds. The Morgan fingerprint density at radius 1 is 1.21 bits per heavy atom. The third-order valence-corrected chi connectivity index (χ3v) is 2.85. The van der Waals surface area contributed by atoms with E-state index in [1.807, 2.05) is 26.8 Å². The molecule has 0 aliphatic carbocycles. The van der Waals surface area contributed by atoms with Crippen molar-refractivity contribution < 1.29 is 19.0 Å². The minimum absolute atomic E-state index is 0.167. The van der Waals surface area contributed by atoms with Crippen LogP contribution in [-0.2, 0) is 4.74 Å². The van der Waals surface area contributed by atoms with E-state index in [2.05, 4.69) is 5.32 Å². The quantitative estimate of drug-likeness (QED) is 0.850. The van der Waals surface area contributed by atoms with Crippen molar-refractivity contribution in [1.29, 1.82) is 0 Å². The highest BCUT2D eigenvalue weighted by Crippen LogP contribution is 2.41. The number of hydrogen-bond acceptors (Lipinski definition) is 5. The molecule has 0 saturated carbocycles. The molecule has 1 aliphatic heterocycles. The standard InChI is InChI=1S/C14H19NO4/c1-14(2,3)15-12-8-6-7-9(17-4)11(18-5)10(8)13(16)19-12/h6-7,12,15H,1-5H3/t12-/m0/s1. The molecular weight excluding hydrogens is 246 g/mol. The van der Waals surface area contributed by atoms with Crippen LogP contribution in [0.3, 0.4) is 0 Å². The predicted molar refractivity (Wildman–Crippen MR) is 70.6 cm³/mol. The highest BCUT2D eigenvalue weighted by Gasteiger charge is 2.37. The van der Waals surface area contributed by atoms with Gasteiger partial charge in [0.25, 0.3) is 0 Å². The number of rotatable bonds is 3. The van der Waals surface area contributed by atoms with Crippen molar-refractivity contribution in [2.24, 2.45) is 0 Å². The highest BCUT2D eigenvalue weighted by molar-refractivity contribution is 5.98. The average Bonchev–Trinajstić information content (AvgIpc) is 2.63. The fourth-order valence-electron chi connectivity index (χ4n) is 2.10. The predicted octanol–water partition coefficient (Wildman–Crippen LogP) is 2.26. The van der Waals surface area contributed by atoms with E-state index >= 15 is 0 Å². The Balaban J connectivity index is 2.46. The highest BCUT2D eigenvalue weighted by atomic mass is 16.6. The van der Waals surface area contributed by atoms with Gasteiger partial charge in [-0.1, -0.05) is 0 Å². The van der Waals surface area contributed by atoms with E-state index < -0.39 is 12.2 Å². The lowest BCUT2D eigenvalue weighted by molar-refractivity contribution is 0.0240. The summed E-state index contributed by atoms with van der Waals surface area (Å²) in [6, 6.07) is 3.60. The first kappa shape index (κ1) is 13.7. The van der Waals surface area contributed by atoms with Crippen molar-refractivity contribution in [1.82, 2.24) is 5.32 Å². The molecule has 0 spiro atoms. The maximum Gasteiger partial charge on any atom is 0.344 e. The number of nitrogens with one attached hydrogen (secondary N) is 1. The molecule has 0 aromatic heterocycles. The van der Waals surface area contributed by atoms with Gasteiger partial charge in [-0.15, -0.1) is 0 Å². The molecule has 0 unspecified atom stereocenters.